The van der Waals surface area contributed by atoms with Crippen molar-refractivity contribution in [3.8, 4) is 0 Å². The molecule has 1 saturated carbocycles. The van der Waals surface area contributed by atoms with Crippen molar-refractivity contribution in [3.63, 3.8) is 0 Å². The lowest BCUT2D eigenvalue weighted by molar-refractivity contribution is -0.141. The third kappa shape index (κ3) is 4.01. The smallest absolute Gasteiger partial charge is 0.318 e. The van der Waals surface area contributed by atoms with Crippen LogP contribution in [0, 0.1) is 11.8 Å². The van der Waals surface area contributed by atoms with Gasteiger partial charge in [-0.15, -0.1) is 0 Å². The van der Waals surface area contributed by atoms with E-state index in [1.807, 2.05) is 49.4 Å². The van der Waals surface area contributed by atoms with Crippen molar-refractivity contribution < 1.29 is 18.6 Å². The summed E-state index contributed by atoms with van der Waals surface area (Å²) < 4.78 is 13.4. The molecule has 0 radical (unpaired) electrons. The molecule has 1 fully saturated rings. The normalized spacial score (nSPS) is 22.7. The van der Waals surface area contributed by atoms with Crippen LogP contribution in [0.15, 0.2) is 52.5 Å². The van der Waals surface area contributed by atoms with E-state index < -0.39 is 22.0 Å². The lowest BCUT2D eigenvalue weighted by Gasteiger charge is -2.24. The van der Waals surface area contributed by atoms with Crippen LogP contribution in [0.5, 0.6) is 0 Å². The van der Waals surface area contributed by atoms with Crippen molar-refractivity contribution in [2.24, 2.45) is 17.0 Å². The molecule has 4 rings (SSSR count). The van der Waals surface area contributed by atoms with Gasteiger partial charge in [-0.25, -0.2) is 4.79 Å². The molecule has 3 unspecified atom stereocenters. The number of hydrogen-bond donors (Lipinski definition) is 0. The zero-order valence-electron chi connectivity index (χ0n) is 17.2. The maximum atomic E-state index is 13.4. The van der Waals surface area contributed by atoms with Gasteiger partial charge in [0.25, 0.3) is 0 Å². The van der Waals surface area contributed by atoms with Crippen LogP contribution in [0.3, 0.4) is 0 Å². The molecule has 2 aromatic carbocycles. The van der Waals surface area contributed by atoms with Crippen LogP contribution in [-0.4, -0.2) is 26.9 Å². The van der Waals surface area contributed by atoms with Gasteiger partial charge in [-0.2, -0.15) is 0 Å². The van der Waals surface area contributed by atoms with E-state index in [0.717, 1.165) is 42.0 Å². The Balaban J connectivity index is 1.67. The van der Waals surface area contributed by atoms with E-state index in [1.165, 1.54) is 6.92 Å². The van der Waals surface area contributed by atoms with E-state index in [2.05, 4.69) is 5.16 Å². The molecule has 0 bridgehead atoms. The van der Waals surface area contributed by atoms with Gasteiger partial charge in [-0.1, -0.05) is 61.3 Å². The topological polar surface area (TPSA) is 72.8 Å². The maximum Gasteiger partial charge on any atom is 0.331 e. The van der Waals surface area contributed by atoms with E-state index >= 15 is 0 Å². The van der Waals surface area contributed by atoms with Crippen molar-refractivity contribution in [1.29, 1.82) is 0 Å². The summed E-state index contributed by atoms with van der Waals surface area (Å²) >= 11 is 0. The minimum absolute atomic E-state index is 0.150. The first kappa shape index (κ1) is 20.7. The van der Waals surface area contributed by atoms with Gasteiger partial charge in [-0.3, -0.25) is 9.00 Å². The van der Waals surface area contributed by atoms with Crippen molar-refractivity contribution in [2.45, 2.75) is 49.7 Å². The molecule has 5 nitrogen and oxygen atoms in total. The SMILES string of the molecule is CC(=O)ON=C(C(=O)C1C=Cc2cc3ccccc3cc2S1=O)C(C)C1CCCC1. The Kier molecular flexibility index (Phi) is 5.95. The Bertz CT molecular complexity index is 1080. The molecule has 0 saturated heterocycles. The van der Waals surface area contributed by atoms with Gasteiger partial charge < -0.3 is 4.84 Å². The summed E-state index contributed by atoms with van der Waals surface area (Å²) in [6.45, 7) is 3.21. The highest BCUT2D eigenvalue weighted by molar-refractivity contribution is 7.87. The minimum Gasteiger partial charge on any atom is -0.318 e. The van der Waals surface area contributed by atoms with Crippen LogP contribution >= 0.6 is 0 Å². The molecule has 0 amide bonds. The molecule has 1 aliphatic heterocycles. The van der Waals surface area contributed by atoms with E-state index in [4.69, 9.17) is 4.84 Å². The number of fused-ring (bicyclic) bond motifs is 2. The Labute approximate surface area is 178 Å². The number of carbonyl (C=O) groups excluding carboxylic acids is 2. The van der Waals surface area contributed by atoms with E-state index in [9.17, 15) is 13.8 Å². The zero-order chi connectivity index (χ0) is 21.3. The highest BCUT2D eigenvalue weighted by Gasteiger charge is 2.37. The molecule has 0 aromatic heterocycles. The lowest BCUT2D eigenvalue weighted by Crippen LogP contribution is -2.37. The van der Waals surface area contributed by atoms with Gasteiger partial charge >= 0.3 is 5.97 Å². The van der Waals surface area contributed by atoms with Gasteiger partial charge in [0.05, 0.1) is 10.8 Å². The van der Waals surface area contributed by atoms with Gasteiger partial charge in [-0.05, 0) is 47.2 Å². The number of Topliss-reactive ketones (excluding diaryl/α,β-unsaturated/α-hetero) is 1. The van der Waals surface area contributed by atoms with E-state index in [1.54, 1.807) is 6.08 Å². The first-order valence-corrected chi connectivity index (χ1v) is 11.6. The maximum absolute atomic E-state index is 13.4. The number of ketones is 1. The summed E-state index contributed by atoms with van der Waals surface area (Å²) in [6.07, 6.45) is 7.84. The quantitative estimate of drug-likeness (QED) is 0.398. The molecule has 2 aliphatic rings. The van der Waals surface area contributed by atoms with E-state index in [0.29, 0.717) is 10.8 Å². The summed E-state index contributed by atoms with van der Waals surface area (Å²) in [5.41, 5.74) is 1.07. The van der Waals surface area contributed by atoms with Crippen LogP contribution in [-0.2, 0) is 25.2 Å². The largest absolute Gasteiger partial charge is 0.331 e. The third-order valence-corrected chi connectivity index (χ3v) is 7.72. The number of nitrogens with zero attached hydrogens (tertiary/aromatic N) is 1. The van der Waals surface area contributed by atoms with Crippen molar-refractivity contribution >= 4 is 45.1 Å². The van der Waals surface area contributed by atoms with Gasteiger partial charge in [0, 0.05) is 17.7 Å². The number of benzene rings is 2. The highest BCUT2D eigenvalue weighted by atomic mass is 32.2. The summed E-state index contributed by atoms with van der Waals surface area (Å²) in [6, 6.07) is 11.8. The van der Waals surface area contributed by atoms with Gasteiger partial charge in [0.2, 0.25) is 0 Å². The number of carbonyl (C=O) groups is 2. The van der Waals surface area contributed by atoms with Crippen molar-refractivity contribution in [1.82, 2.24) is 0 Å². The summed E-state index contributed by atoms with van der Waals surface area (Å²) in [5, 5.41) is 5.15. The van der Waals surface area contributed by atoms with Crippen LogP contribution in [0.25, 0.3) is 16.8 Å². The third-order valence-electron chi connectivity index (χ3n) is 6.10. The fraction of sp³-hybridized carbons (Fsp3) is 0.375. The first-order chi connectivity index (χ1) is 14.5. The first-order valence-electron chi connectivity index (χ1n) is 10.4. The Morgan fingerprint density at radius 1 is 1.13 bits per heavy atom. The molecule has 6 heteroatoms. The summed E-state index contributed by atoms with van der Waals surface area (Å²) in [4.78, 5) is 30.3. The minimum atomic E-state index is -1.55. The average molecular weight is 424 g/mol. The molecule has 2 aromatic rings. The van der Waals surface area contributed by atoms with E-state index in [-0.39, 0.29) is 17.4 Å². The molecule has 1 heterocycles. The number of hydrogen-bond acceptors (Lipinski definition) is 5. The highest BCUT2D eigenvalue weighted by Crippen LogP contribution is 2.34. The predicted molar refractivity (Wildman–Crippen MR) is 119 cm³/mol. The molecular weight excluding hydrogens is 398 g/mol. The van der Waals surface area contributed by atoms with Gasteiger partial charge in [0.15, 0.2) is 5.78 Å². The lowest BCUT2D eigenvalue weighted by atomic mass is 9.86. The summed E-state index contributed by atoms with van der Waals surface area (Å²) in [7, 11) is -1.55. The Morgan fingerprint density at radius 2 is 1.80 bits per heavy atom. The van der Waals surface area contributed by atoms with Crippen molar-refractivity contribution in [2.75, 3.05) is 0 Å². The monoisotopic (exact) mass is 423 g/mol. The fourth-order valence-corrected chi connectivity index (χ4v) is 5.83. The average Bonchev–Trinajstić information content (AvgIpc) is 3.27. The van der Waals surface area contributed by atoms with Crippen LogP contribution in [0.1, 0.15) is 45.1 Å². The van der Waals surface area contributed by atoms with Crippen LogP contribution < -0.4 is 0 Å². The standard InChI is InChI=1S/C24H25NO4S/c1-15(17-7-3-4-8-17)23(25-29-16(2)26)24(27)21-12-11-20-13-18-9-5-6-10-19(18)14-22(20)30(21)28/h5-6,9-15,17,21H,3-4,7-8H2,1-2H3. The second kappa shape index (κ2) is 8.64. The van der Waals surface area contributed by atoms with Crippen LogP contribution in [0.4, 0.5) is 0 Å². The molecule has 1 aliphatic carbocycles. The number of oxime groups is 1. The second-order valence-corrected chi connectivity index (χ2v) is 9.61. The molecule has 0 spiro atoms. The molecular formula is C24H25NO4S. The Hall–Kier alpha value is -2.60. The summed E-state index contributed by atoms with van der Waals surface area (Å²) in [5.74, 6) is -0.733. The predicted octanol–water partition coefficient (Wildman–Crippen LogP) is 4.66. The Morgan fingerprint density at radius 3 is 2.47 bits per heavy atom. The fourth-order valence-electron chi connectivity index (χ4n) is 4.42. The van der Waals surface area contributed by atoms with Crippen LogP contribution in [0.2, 0.25) is 0 Å². The molecule has 3 atom stereocenters. The number of rotatable bonds is 5. The van der Waals surface area contributed by atoms with Gasteiger partial charge in [0.1, 0.15) is 11.0 Å². The molecule has 30 heavy (non-hydrogen) atoms. The molecule has 0 N–H and O–H groups in total. The zero-order valence-corrected chi connectivity index (χ0v) is 18.0. The second-order valence-electron chi connectivity index (χ2n) is 8.07. The molecule has 156 valence electrons. The van der Waals surface area contributed by atoms with Crippen molar-refractivity contribution in [3.05, 3.63) is 48.0 Å².